The average Bonchev–Trinajstić information content (AvgIpc) is 2.81. The van der Waals surface area contributed by atoms with Crippen molar-refractivity contribution in [1.82, 2.24) is 15.6 Å². The molecular weight excluding hydrogens is 268 g/mol. The summed E-state index contributed by atoms with van der Waals surface area (Å²) in [5.74, 6) is 1.64. The van der Waals surface area contributed by atoms with Crippen LogP contribution in [0.5, 0.6) is 0 Å². The zero-order valence-corrected chi connectivity index (χ0v) is 14.2. The summed E-state index contributed by atoms with van der Waals surface area (Å²) in [6.45, 7) is 9.68. The fourth-order valence-corrected chi connectivity index (χ4v) is 2.67. The largest absolute Gasteiger partial charge is 0.356 e. The molecule has 1 rings (SSSR count). The highest BCUT2D eigenvalue weighted by Crippen LogP contribution is 2.11. The van der Waals surface area contributed by atoms with E-state index < -0.39 is 0 Å². The van der Waals surface area contributed by atoms with Crippen molar-refractivity contribution in [3.63, 3.8) is 0 Å². The minimum Gasteiger partial charge on any atom is -0.356 e. The molecule has 0 saturated carbocycles. The van der Waals surface area contributed by atoms with E-state index in [1.165, 1.54) is 22.7 Å². The number of aromatic nitrogens is 1. The summed E-state index contributed by atoms with van der Waals surface area (Å²) >= 11 is 1.76. The number of thiazole rings is 1. The molecular formula is C15H28N4S. The number of aryl methyl sites for hydroxylation is 1. The van der Waals surface area contributed by atoms with Crippen LogP contribution in [0.3, 0.4) is 0 Å². The zero-order chi connectivity index (χ0) is 15.0. The third-order valence-electron chi connectivity index (χ3n) is 3.08. The standard InChI is InChI=1S/C15H28N4S/c1-11(2)6-7-12(3)19-15(16-5)17-9-8-14-18-10-13(4)20-14/h10-12H,6-9H2,1-5H3,(H2,16,17,19). The Morgan fingerprint density at radius 1 is 1.35 bits per heavy atom. The van der Waals surface area contributed by atoms with Crippen LogP contribution in [0.1, 0.15) is 43.5 Å². The molecule has 0 spiro atoms. The predicted molar refractivity (Wildman–Crippen MR) is 88.6 cm³/mol. The monoisotopic (exact) mass is 296 g/mol. The Labute approximate surface area is 127 Å². The molecule has 5 heteroatoms. The molecule has 2 N–H and O–H groups in total. The summed E-state index contributed by atoms with van der Waals surface area (Å²) in [4.78, 5) is 9.90. The van der Waals surface area contributed by atoms with Crippen LogP contribution < -0.4 is 10.6 Å². The highest BCUT2D eigenvalue weighted by atomic mass is 32.1. The van der Waals surface area contributed by atoms with E-state index in [0.717, 1.165) is 24.8 Å². The van der Waals surface area contributed by atoms with Crippen molar-refractivity contribution in [2.45, 2.75) is 53.0 Å². The van der Waals surface area contributed by atoms with Crippen molar-refractivity contribution in [3.05, 3.63) is 16.1 Å². The quantitative estimate of drug-likeness (QED) is 0.601. The van der Waals surface area contributed by atoms with E-state index in [1.807, 2.05) is 13.2 Å². The second kappa shape index (κ2) is 8.95. The van der Waals surface area contributed by atoms with Crippen molar-refractivity contribution in [3.8, 4) is 0 Å². The first-order valence-electron chi connectivity index (χ1n) is 7.39. The van der Waals surface area contributed by atoms with Crippen molar-refractivity contribution in [2.24, 2.45) is 10.9 Å². The second-order valence-corrected chi connectivity index (χ2v) is 6.95. The number of nitrogens with zero attached hydrogens (tertiary/aromatic N) is 2. The van der Waals surface area contributed by atoms with Crippen molar-refractivity contribution < 1.29 is 0 Å². The molecule has 0 saturated heterocycles. The molecule has 0 bridgehead atoms. The van der Waals surface area contributed by atoms with Gasteiger partial charge in [-0.05, 0) is 32.6 Å². The normalized spacial score (nSPS) is 13.6. The first kappa shape index (κ1) is 17.0. The Bertz CT molecular complexity index is 412. The van der Waals surface area contributed by atoms with Gasteiger partial charge in [-0.25, -0.2) is 4.98 Å². The van der Waals surface area contributed by atoms with Gasteiger partial charge >= 0.3 is 0 Å². The van der Waals surface area contributed by atoms with E-state index in [2.05, 4.69) is 48.3 Å². The Morgan fingerprint density at radius 3 is 2.65 bits per heavy atom. The first-order valence-corrected chi connectivity index (χ1v) is 8.21. The molecule has 1 heterocycles. The second-order valence-electron chi connectivity index (χ2n) is 5.63. The van der Waals surface area contributed by atoms with Gasteiger partial charge in [0, 0.05) is 37.1 Å². The van der Waals surface area contributed by atoms with Gasteiger partial charge in [0.15, 0.2) is 5.96 Å². The number of hydrogen-bond donors (Lipinski definition) is 2. The summed E-state index contributed by atoms with van der Waals surface area (Å²) in [5.41, 5.74) is 0. The molecule has 0 aliphatic carbocycles. The number of hydrogen-bond acceptors (Lipinski definition) is 3. The van der Waals surface area contributed by atoms with E-state index in [-0.39, 0.29) is 0 Å². The predicted octanol–water partition coefficient (Wildman–Crippen LogP) is 2.98. The molecule has 0 aliphatic heterocycles. The van der Waals surface area contributed by atoms with E-state index in [0.29, 0.717) is 6.04 Å². The molecule has 0 amide bonds. The van der Waals surface area contributed by atoms with Crippen LogP contribution in [-0.4, -0.2) is 30.6 Å². The summed E-state index contributed by atoms with van der Waals surface area (Å²) < 4.78 is 0. The van der Waals surface area contributed by atoms with E-state index in [4.69, 9.17) is 0 Å². The Morgan fingerprint density at radius 2 is 2.10 bits per heavy atom. The van der Waals surface area contributed by atoms with Crippen LogP contribution in [0.25, 0.3) is 0 Å². The van der Waals surface area contributed by atoms with E-state index in [1.54, 1.807) is 11.3 Å². The molecule has 0 aliphatic rings. The van der Waals surface area contributed by atoms with Crippen LogP contribution in [-0.2, 0) is 6.42 Å². The lowest BCUT2D eigenvalue weighted by Crippen LogP contribution is -2.43. The number of guanidine groups is 1. The maximum Gasteiger partial charge on any atom is 0.191 e. The van der Waals surface area contributed by atoms with Gasteiger partial charge in [-0.1, -0.05) is 13.8 Å². The lowest BCUT2D eigenvalue weighted by atomic mass is 10.0. The maximum atomic E-state index is 4.37. The van der Waals surface area contributed by atoms with Crippen LogP contribution in [0, 0.1) is 12.8 Å². The molecule has 1 atom stereocenters. The van der Waals surface area contributed by atoms with Crippen LogP contribution >= 0.6 is 11.3 Å². The summed E-state index contributed by atoms with van der Waals surface area (Å²) in [5, 5.41) is 7.97. The minimum absolute atomic E-state index is 0.450. The van der Waals surface area contributed by atoms with Gasteiger partial charge < -0.3 is 10.6 Å². The van der Waals surface area contributed by atoms with Gasteiger partial charge in [0.25, 0.3) is 0 Å². The lowest BCUT2D eigenvalue weighted by molar-refractivity contribution is 0.489. The van der Waals surface area contributed by atoms with E-state index in [9.17, 15) is 0 Å². The molecule has 0 aromatic carbocycles. The molecule has 1 unspecified atom stereocenters. The summed E-state index contributed by atoms with van der Waals surface area (Å²) in [7, 11) is 1.82. The van der Waals surface area contributed by atoms with Gasteiger partial charge in [0.1, 0.15) is 0 Å². The Kier molecular flexibility index (Phi) is 7.59. The topological polar surface area (TPSA) is 49.3 Å². The highest BCUT2D eigenvalue weighted by Gasteiger charge is 2.06. The van der Waals surface area contributed by atoms with Crippen molar-refractivity contribution in [2.75, 3.05) is 13.6 Å². The van der Waals surface area contributed by atoms with Gasteiger partial charge in [0.2, 0.25) is 0 Å². The SMILES string of the molecule is CN=C(NCCc1ncc(C)s1)NC(C)CCC(C)C. The summed E-state index contributed by atoms with van der Waals surface area (Å²) in [6, 6.07) is 0.450. The minimum atomic E-state index is 0.450. The molecule has 4 nitrogen and oxygen atoms in total. The highest BCUT2D eigenvalue weighted by molar-refractivity contribution is 7.11. The fraction of sp³-hybridized carbons (Fsp3) is 0.733. The smallest absolute Gasteiger partial charge is 0.191 e. The first-order chi connectivity index (χ1) is 9.51. The van der Waals surface area contributed by atoms with Crippen LogP contribution in [0.2, 0.25) is 0 Å². The van der Waals surface area contributed by atoms with Crippen LogP contribution in [0.4, 0.5) is 0 Å². The molecule has 114 valence electrons. The molecule has 0 fully saturated rings. The zero-order valence-electron chi connectivity index (χ0n) is 13.4. The number of aliphatic imine (C=N–C) groups is 1. The lowest BCUT2D eigenvalue weighted by Gasteiger charge is -2.18. The fourth-order valence-electron chi connectivity index (χ4n) is 1.89. The molecule has 1 aromatic rings. The number of rotatable bonds is 7. The third kappa shape index (κ3) is 6.89. The Balaban J connectivity index is 2.25. The van der Waals surface area contributed by atoms with Gasteiger partial charge in [-0.3, -0.25) is 4.99 Å². The van der Waals surface area contributed by atoms with Gasteiger partial charge in [-0.15, -0.1) is 11.3 Å². The Hall–Kier alpha value is -1.10. The molecule has 1 aromatic heterocycles. The van der Waals surface area contributed by atoms with Crippen molar-refractivity contribution >= 4 is 17.3 Å². The van der Waals surface area contributed by atoms with Gasteiger partial charge in [0.05, 0.1) is 5.01 Å². The average molecular weight is 296 g/mol. The molecule has 20 heavy (non-hydrogen) atoms. The maximum absolute atomic E-state index is 4.37. The van der Waals surface area contributed by atoms with E-state index >= 15 is 0 Å². The van der Waals surface area contributed by atoms with Crippen molar-refractivity contribution in [1.29, 1.82) is 0 Å². The van der Waals surface area contributed by atoms with Crippen LogP contribution in [0.15, 0.2) is 11.2 Å². The molecule has 0 radical (unpaired) electrons. The summed E-state index contributed by atoms with van der Waals surface area (Å²) in [6.07, 6.45) is 5.29. The van der Waals surface area contributed by atoms with Gasteiger partial charge in [-0.2, -0.15) is 0 Å². The third-order valence-corrected chi connectivity index (χ3v) is 4.06. The number of nitrogens with one attached hydrogen (secondary N) is 2.